The number of nitrogens with one attached hydrogen (secondary N) is 2. The van der Waals surface area contributed by atoms with Gasteiger partial charge in [-0.25, -0.2) is 0 Å². The van der Waals surface area contributed by atoms with E-state index in [0.29, 0.717) is 12.5 Å². The molecule has 14 heavy (non-hydrogen) atoms. The van der Waals surface area contributed by atoms with Gasteiger partial charge in [-0.1, -0.05) is 0 Å². The third kappa shape index (κ3) is 2.27. The number of hydrogen-bond acceptors (Lipinski definition) is 4. The molecule has 2 aliphatic heterocycles. The Hall–Kier alpha value is -0.550. The van der Waals surface area contributed by atoms with Crippen molar-refractivity contribution in [2.75, 3.05) is 11.5 Å². The van der Waals surface area contributed by atoms with Crippen molar-refractivity contribution in [2.24, 2.45) is 0 Å². The monoisotopic (exact) mass is 214 g/mol. The van der Waals surface area contributed by atoms with Crippen molar-refractivity contribution < 1.29 is 9.59 Å². The van der Waals surface area contributed by atoms with Gasteiger partial charge in [-0.2, -0.15) is 11.8 Å². The first kappa shape index (κ1) is 9.98. The van der Waals surface area contributed by atoms with Crippen LogP contribution in [0.15, 0.2) is 0 Å². The minimum absolute atomic E-state index is 0.157. The molecule has 5 heteroatoms. The third-order valence-corrected chi connectivity index (χ3v) is 3.78. The molecule has 2 fully saturated rings. The van der Waals surface area contributed by atoms with E-state index >= 15 is 0 Å². The predicted octanol–water partition coefficient (Wildman–Crippen LogP) is -0.113. The smallest absolute Gasteiger partial charge is 0.244 e. The highest BCUT2D eigenvalue weighted by Crippen LogP contribution is 2.18. The number of thioether (sulfide) groups is 1. The van der Waals surface area contributed by atoms with Crippen molar-refractivity contribution in [1.82, 2.24) is 10.6 Å². The first-order valence-corrected chi connectivity index (χ1v) is 6.08. The van der Waals surface area contributed by atoms with Crippen LogP contribution in [0.4, 0.5) is 0 Å². The lowest BCUT2D eigenvalue weighted by atomic mass is 10.1. The van der Waals surface area contributed by atoms with Gasteiger partial charge in [-0.05, 0) is 18.6 Å². The Balaban J connectivity index is 1.84. The molecule has 78 valence electrons. The van der Waals surface area contributed by atoms with E-state index in [-0.39, 0.29) is 17.9 Å². The van der Waals surface area contributed by atoms with E-state index in [9.17, 15) is 9.59 Å². The van der Waals surface area contributed by atoms with Gasteiger partial charge < -0.3 is 5.32 Å². The summed E-state index contributed by atoms with van der Waals surface area (Å²) in [5.41, 5.74) is 0. The number of carbonyl (C=O) groups excluding carboxylic acids is 2. The van der Waals surface area contributed by atoms with Crippen molar-refractivity contribution in [3.05, 3.63) is 0 Å². The molecule has 2 atom stereocenters. The molecule has 0 radical (unpaired) electrons. The van der Waals surface area contributed by atoms with Crippen molar-refractivity contribution >= 4 is 23.6 Å². The van der Waals surface area contributed by atoms with Gasteiger partial charge >= 0.3 is 0 Å². The standard InChI is InChI=1S/C9H14N2O2S/c12-8-4-7(9(13)11-8)10-6-2-1-3-14-5-6/h6-7,10H,1-5H2,(H,11,12,13). The number of rotatable bonds is 2. The average molecular weight is 214 g/mol. The summed E-state index contributed by atoms with van der Waals surface area (Å²) in [5, 5.41) is 5.55. The van der Waals surface area contributed by atoms with Crippen LogP contribution in [0.25, 0.3) is 0 Å². The lowest BCUT2D eigenvalue weighted by molar-refractivity contribution is -0.125. The van der Waals surface area contributed by atoms with Crippen LogP contribution in [0.1, 0.15) is 19.3 Å². The molecule has 2 saturated heterocycles. The maximum absolute atomic E-state index is 11.3. The van der Waals surface area contributed by atoms with Crippen LogP contribution < -0.4 is 10.6 Å². The molecule has 0 aromatic carbocycles. The molecule has 4 nitrogen and oxygen atoms in total. The first-order valence-electron chi connectivity index (χ1n) is 4.93. The Kier molecular flexibility index (Phi) is 3.08. The second kappa shape index (κ2) is 4.31. The maximum atomic E-state index is 11.3. The summed E-state index contributed by atoms with van der Waals surface area (Å²) in [7, 11) is 0. The second-order valence-electron chi connectivity index (χ2n) is 3.75. The van der Waals surface area contributed by atoms with Crippen LogP contribution in [0.3, 0.4) is 0 Å². The Morgan fingerprint density at radius 2 is 2.29 bits per heavy atom. The molecule has 0 saturated carbocycles. The predicted molar refractivity (Wildman–Crippen MR) is 55.0 cm³/mol. The summed E-state index contributed by atoms with van der Waals surface area (Å²) in [6, 6.07) is 0.113. The quantitative estimate of drug-likeness (QED) is 0.630. The first-order chi connectivity index (χ1) is 6.75. The molecule has 2 unspecified atom stereocenters. The second-order valence-corrected chi connectivity index (χ2v) is 4.90. The van der Waals surface area contributed by atoms with E-state index in [4.69, 9.17) is 0 Å². The number of carbonyl (C=O) groups is 2. The van der Waals surface area contributed by atoms with Gasteiger partial charge in [0.15, 0.2) is 0 Å². The summed E-state index contributed by atoms with van der Waals surface area (Å²) in [6.45, 7) is 0. The Morgan fingerprint density at radius 3 is 2.86 bits per heavy atom. The van der Waals surface area contributed by atoms with Gasteiger partial charge in [0.2, 0.25) is 11.8 Å². The van der Waals surface area contributed by atoms with Gasteiger partial charge in [0, 0.05) is 11.8 Å². The van der Waals surface area contributed by atoms with Crippen molar-refractivity contribution in [3.63, 3.8) is 0 Å². The summed E-state index contributed by atoms with van der Waals surface area (Å²) in [6.07, 6.45) is 2.62. The molecule has 0 aromatic heterocycles. The molecular weight excluding hydrogens is 200 g/mol. The fourth-order valence-electron chi connectivity index (χ4n) is 1.84. The normalized spacial score (nSPS) is 33.1. The Bertz CT molecular complexity index is 251. The van der Waals surface area contributed by atoms with E-state index in [1.54, 1.807) is 0 Å². The van der Waals surface area contributed by atoms with Gasteiger partial charge in [-0.3, -0.25) is 14.9 Å². The fraction of sp³-hybridized carbons (Fsp3) is 0.778. The average Bonchev–Trinajstić information content (AvgIpc) is 2.47. The summed E-state index contributed by atoms with van der Waals surface area (Å²) >= 11 is 1.91. The molecular formula is C9H14N2O2S. The van der Waals surface area contributed by atoms with Gasteiger partial charge in [0.05, 0.1) is 12.5 Å². The molecule has 0 spiro atoms. The van der Waals surface area contributed by atoms with Crippen LogP contribution in [-0.2, 0) is 9.59 Å². The van der Waals surface area contributed by atoms with E-state index in [1.165, 1.54) is 12.2 Å². The number of hydrogen-bond donors (Lipinski definition) is 2. The Morgan fingerprint density at radius 1 is 1.43 bits per heavy atom. The molecule has 2 amide bonds. The van der Waals surface area contributed by atoms with Crippen LogP contribution in [-0.4, -0.2) is 35.4 Å². The zero-order valence-electron chi connectivity index (χ0n) is 7.91. The minimum atomic E-state index is -0.286. The molecule has 2 N–H and O–H groups in total. The van der Waals surface area contributed by atoms with Crippen molar-refractivity contribution in [2.45, 2.75) is 31.3 Å². The highest BCUT2D eigenvalue weighted by molar-refractivity contribution is 7.99. The minimum Gasteiger partial charge on any atom is -0.302 e. The van der Waals surface area contributed by atoms with Crippen LogP contribution >= 0.6 is 11.8 Å². The van der Waals surface area contributed by atoms with Gasteiger partial charge in [-0.15, -0.1) is 0 Å². The Labute approximate surface area is 87.2 Å². The summed E-state index contributed by atoms with van der Waals surface area (Å²) in [5.74, 6) is 1.95. The SMILES string of the molecule is O=C1CC(NC2CCCSC2)C(=O)N1. The van der Waals surface area contributed by atoms with Crippen LogP contribution in [0.2, 0.25) is 0 Å². The highest BCUT2D eigenvalue weighted by Gasteiger charge is 2.32. The van der Waals surface area contributed by atoms with E-state index < -0.39 is 0 Å². The van der Waals surface area contributed by atoms with Crippen LogP contribution in [0, 0.1) is 0 Å². The molecule has 0 aromatic rings. The zero-order valence-corrected chi connectivity index (χ0v) is 8.73. The topological polar surface area (TPSA) is 58.2 Å². The number of amides is 2. The number of imide groups is 1. The van der Waals surface area contributed by atoms with Crippen molar-refractivity contribution in [3.8, 4) is 0 Å². The zero-order chi connectivity index (χ0) is 9.97. The van der Waals surface area contributed by atoms with Crippen LogP contribution in [0.5, 0.6) is 0 Å². The summed E-state index contributed by atoms with van der Waals surface area (Å²) < 4.78 is 0. The van der Waals surface area contributed by atoms with Gasteiger partial charge in [0.1, 0.15) is 0 Å². The van der Waals surface area contributed by atoms with E-state index in [0.717, 1.165) is 12.2 Å². The fourth-order valence-corrected chi connectivity index (χ4v) is 2.93. The lowest BCUT2D eigenvalue weighted by Gasteiger charge is -2.24. The largest absolute Gasteiger partial charge is 0.302 e. The van der Waals surface area contributed by atoms with Crippen molar-refractivity contribution in [1.29, 1.82) is 0 Å². The van der Waals surface area contributed by atoms with E-state index in [1.807, 2.05) is 11.8 Å². The molecule has 0 aliphatic carbocycles. The van der Waals surface area contributed by atoms with E-state index in [2.05, 4.69) is 10.6 Å². The lowest BCUT2D eigenvalue weighted by Crippen LogP contribution is -2.44. The molecule has 2 rings (SSSR count). The highest BCUT2D eigenvalue weighted by atomic mass is 32.2. The molecule has 0 bridgehead atoms. The summed E-state index contributed by atoms with van der Waals surface area (Å²) in [4.78, 5) is 22.2. The molecule has 2 heterocycles. The maximum Gasteiger partial charge on any atom is 0.244 e. The third-order valence-electron chi connectivity index (χ3n) is 2.57. The molecule has 2 aliphatic rings. The van der Waals surface area contributed by atoms with Gasteiger partial charge in [0.25, 0.3) is 0 Å².